The van der Waals surface area contributed by atoms with E-state index in [1.165, 1.54) is 17.7 Å². The molecule has 7 nitrogen and oxygen atoms in total. The first-order chi connectivity index (χ1) is 17.1. The largest absolute Gasteiger partial charge is 0.448 e. The molecule has 186 valence electrons. The Balaban J connectivity index is 1.37. The second-order valence-electron chi connectivity index (χ2n) is 8.80. The molecular formula is C28H29N3O4S. The van der Waals surface area contributed by atoms with Gasteiger partial charge in [0.25, 0.3) is 10.0 Å². The van der Waals surface area contributed by atoms with Crippen LogP contribution >= 0.6 is 0 Å². The molecule has 3 aromatic carbocycles. The van der Waals surface area contributed by atoms with E-state index in [1.54, 1.807) is 12.1 Å². The molecule has 0 bridgehead atoms. The molecule has 1 heterocycles. The topological polar surface area (TPSA) is 90.3 Å². The number of sulfonamides is 1. The predicted octanol–water partition coefficient (Wildman–Crippen LogP) is 5.43. The van der Waals surface area contributed by atoms with Crippen LogP contribution in [0.1, 0.15) is 28.1 Å². The number of hydrogen-bond acceptors (Lipinski definition) is 5. The van der Waals surface area contributed by atoms with Gasteiger partial charge in [-0.25, -0.2) is 22.6 Å². The van der Waals surface area contributed by atoms with Gasteiger partial charge in [-0.3, -0.25) is 0 Å². The summed E-state index contributed by atoms with van der Waals surface area (Å²) in [5.41, 5.74) is 8.30. The van der Waals surface area contributed by atoms with Crippen molar-refractivity contribution in [3.8, 4) is 16.8 Å². The second-order valence-corrected chi connectivity index (χ2v) is 10.5. The maximum atomic E-state index is 12.3. The lowest BCUT2D eigenvalue weighted by Gasteiger charge is -2.09. The number of carbonyl (C=O) groups is 1. The molecule has 36 heavy (non-hydrogen) atoms. The third kappa shape index (κ3) is 5.66. The van der Waals surface area contributed by atoms with Crippen molar-refractivity contribution in [1.82, 2.24) is 14.5 Å². The van der Waals surface area contributed by atoms with Gasteiger partial charge in [0.05, 0.1) is 22.9 Å². The van der Waals surface area contributed by atoms with Gasteiger partial charge < -0.3 is 4.74 Å². The van der Waals surface area contributed by atoms with Crippen molar-refractivity contribution in [3.05, 3.63) is 101 Å². The normalized spacial score (nSPS) is 11.3. The highest BCUT2D eigenvalue weighted by atomic mass is 32.2. The first-order valence-corrected chi connectivity index (χ1v) is 13.1. The number of aromatic nitrogens is 2. The Kier molecular flexibility index (Phi) is 7.26. The molecule has 0 saturated carbocycles. The number of nitrogens with zero attached hydrogens (tertiary/aromatic N) is 2. The summed E-state index contributed by atoms with van der Waals surface area (Å²) in [5, 5.41) is 4.75. The van der Waals surface area contributed by atoms with Crippen LogP contribution in [0.5, 0.6) is 0 Å². The third-order valence-electron chi connectivity index (χ3n) is 5.95. The standard InChI is InChI=1S/C28H29N3O4S/c1-19-8-14-26(15-9-19)36(33,34)30-28(32)35-17-16-23-10-12-25(13-11-23)31-22(4)27(21(3)29-31)24-7-5-6-20(2)18-24/h5-15,18H,16-17H2,1-4H3,(H,30,32). The summed E-state index contributed by atoms with van der Waals surface area (Å²) >= 11 is 0. The molecule has 0 radical (unpaired) electrons. The summed E-state index contributed by atoms with van der Waals surface area (Å²) in [6.45, 7) is 8.05. The minimum absolute atomic E-state index is 0.00958. The zero-order chi connectivity index (χ0) is 25.9. The van der Waals surface area contributed by atoms with Crippen molar-refractivity contribution in [2.75, 3.05) is 6.61 Å². The lowest BCUT2D eigenvalue weighted by Crippen LogP contribution is -2.31. The Bertz CT molecular complexity index is 1490. The van der Waals surface area contributed by atoms with E-state index >= 15 is 0 Å². The van der Waals surface area contributed by atoms with Gasteiger partial charge in [-0.2, -0.15) is 5.10 Å². The van der Waals surface area contributed by atoms with Crippen molar-refractivity contribution in [1.29, 1.82) is 0 Å². The summed E-state index contributed by atoms with van der Waals surface area (Å²) in [5.74, 6) is 0. The highest BCUT2D eigenvalue weighted by Crippen LogP contribution is 2.29. The van der Waals surface area contributed by atoms with E-state index in [-0.39, 0.29) is 11.5 Å². The van der Waals surface area contributed by atoms with Gasteiger partial charge in [0.15, 0.2) is 0 Å². The number of hydrogen-bond donors (Lipinski definition) is 1. The average molecular weight is 504 g/mol. The Morgan fingerprint density at radius 3 is 2.28 bits per heavy atom. The van der Waals surface area contributed by atoms with E-state index in [4.69, 9.17) is 9.84 Å². The number of amides is 1. The molecule has 8 heteroatoms. The molecule has 0 atom stereocenters. The fraction of sp³-hybridized carbons (Fsp3) is 0.214. The van der Waals surface area contributed by atoms with Crippen LogP contribution in [0.3, 0.4) is 0 Å². The molecule has 0 spiro atoms. The summed E-state index contributed by atoms with van der Waals surface area (Å²) in [6, 6.07) is 22.4. The monoisotopic (exact) mass is 503 g/mol. The van der Waals surface area contributed by atoms with Crippen molar-refractivity contribution in [3.63, 3.8) is 0 Å². The molecule has 0 fully saturated rings. The fourth-order valence-electron chi connectivity index (χ4n) is 4.09. The number of carbonyl (C=O) groups excluding carboxylic acids is 1. The molecule has 1 N–H and O–H groups in total. The smallest absolute Gasteiger partial charge is 0.421 e. The third-order valence-corrected chi connectivity index (χ3v) is 7.28. The summed E-state index contributed by atoms with van der Waals surface area (Å²) < 4.78 is 33.6. The summed E-state index contributed by atoms with van der Waals surface area (Å²) in [4.78, 5) is 12.0. The second kappa shape index (κ2) is 10.4. The molecule has 0 unspecified atom stereocenters. The number of rotatable bonds is 7. The van der Waals surface area contributed by atoms with Crippen LogP contribution in [0.15, 0.2) is 77.7 Å². The number of nitrogens with one attached hydrogen (secondary N) is 1. The van der Waals surface area contributed by atoms with Crippen LogP contribution in [0, 0.1) is 27.7 Å². The minimum atomic E-state index is -3.97. The molecular weight excluding hydrogens is 474 g/mol. The molecule has 4 aromatic rings. The first kappa shape index (κ1) is 25.2. The van der Waals surface area contributed by atoms with Crippen LogP contribution in [0.2, 0.25) is 0 Å². The van der Waals surface area contributed by atoms with Crippen molar-refractivity contribution < 1.29 is 17.9 Å². The number of aryl methyl sites for hydroxylation is 3. The lowest BCUT2D eigenvalue weighted by molar-refractivity contribution is 0.154. The number of ether oxygens (including phenoxy) is 1. The lowest BCUT2D eigenvalue weighted by atomic mass is 10.0. The van der Waals surface area contributed by atoms with Crippen LogP contribution in [0.4, 0.5) is 4.79 Å². The molecule has 0 aliphatic rings. The van der Waals surface area contributed by atoms with E-state index in [9.17, 15) is 13.2 Å². The maximum absolute atomic E-state index is 12.3. The Labute approximate surface area is 211 Å². The SMILES string of the molecule is Cc1ccc(S(=O)(=O)NC(=O)OCCc2ccc(-n3nc(C)c(-c4cccc(C)c4)c3C)cc2)cc1. The molecule has 1 amide bonds. The molecule has 0 aliphatic heterocycles. The van der Waals surface area contributed by atoms with Gasteiger partial charge in [0.2, 0.25) is 0 Å². The zero-order valence-electron chi connectivity index (χ0n) is 20.8. The predicted molar refractivity (Wildman–Crippen MR) is 140 cm³/mol. The average Bonchev–Trinajstić information content (AvgIpc) is 3.13. The Hall–Kier alpha value is -3.91. The highest BCUT2D eigenvalue weighted by molar-refractivity contribution is 7.90. The van der Waals surface area contributed by atoms with Gasteiger partial charge in [0, 0.05) is 17.7 Å². The molecule has 0 saturated heterocycles. The first-order valence-electron chi connectivity index (χ1n) is 11.6. The van der Waals surface area contributed by atoms with Crippen molar-refractivity contribution in [2.45, 2.75) is 39.0 Å². The van der Waals surface area contributed by atoms with Gasteiger partial charge in [-0.1, -0.05) is 59.7 Å². The highest BCUT2D eigenvalue weighted by Gasteiger charge is 2.18. The van der Waals surface area contributed by atoms with E-state index in [1.807, 2.05) is 47.5 Å². The maximum Gasteiger partial charge on any atom is 0.421 e. The minimum Gasteiger partial charge on any atom is -0.448 e. The van der Waals surface area contributed by atoms with E-state index in [2.05, 4.69) is 38.1 Å². The molecule has 1 aromatic heterocycles. The summed E-state index contributed by atoms with van der Waals surface area (Å²) in [7, 11) is -3.97. The van der Waals surface area contributed by atoms with Gasteiger partial charge in [-0.05, 0) is 63.1 Å². The van der Waals surface area contributed by atoms with Crippen LogP contribution in [-0.2, 0) is 21.2 Å². The van der Waals surface area contributed by atoms with Gasteiger partial charge >= 0.3 is 6.09 Å². The van der Waals surface area contributed by atoms with E-state index in [0.29, 0.717) is 6.42 Å². The quantitative estimate of drug-likeness (QED) is 0.363. The van der Waals surface area contributed by atoms with Crippen LogP contribution in [-0.4, -0.2) is 30.9 Å². The van der Waals surface area contributed by atoms with E-state index < -0.39 is 16.1 Å². The molecule has 0 aliphatic carbocycles. The fourth-order valence-corrected chi connectivity index (χ4v) is 4.98. The number of benzene rings is 3. The van der Waals surface area contributed by atoms with Crippen LogP contribution < -0.4 is 4.72 Å². The van der Waals surface area contributed by atoms with Crippen LogP contribution in [0.25, 0.3) is 16.8 Å². The summed E-state index contributed by atoms with van der Waals surface area (Å²) in [6.07, 6.45) is -0.553. The van der Waals surface area contributed by atoms with Crippen molar-refractivity contribution >= 4 is 16.1 Å². The van der Waals surface area contributed by atoms with E-state index in [0.717, 1.165) is 39.3 Å². The van der Waals surface area contributed by atoms with Crippen molar-refractivity contribution in [2.24, 2.45) is 0 Å². The van der Waals surface area contributed by atoms with Gasteiger partial charge in [-0.15, -0.1) is 0 Å². The molecule has 4 rings (SSSR count). The Morgan fingerprint density at radius 1 is 0.917 bits per heavy atom. The van der Waals surface area contributed by atoms with Gasteiger partial charge in [0.1, 0.15) is 0 Å². The Morgan fingerprint density at radius 2 is 1.61 bits per heavy atom. The zero-order valence-corrected chi connectivity index (χ0v) is 21.6.